The quantitative estimate of drug-likeness (QED) is 0.768. The third-order valence-corrected chi connectivity index (χ3v) is 3.05. The van der Waals surface area contributed by atoms with Crippen molar-refractivity contribution in [3.63, 3.8) is 0 Å². The van der Waals surface area contributed by atoms with E-state index in [1.807, 2.05) is 6.20 Å². The average Bonchev–Trinajstić information content (AvgIpc) is 2.69. The maximum atomic E-state index is 9.31. The number of hydrogen-bond donors (Lipinski definition) is 2. The minimum absolute atomic E-state index is 0.190. The number of aliphatic hydroxyl groups is 2. The molecule has 0 spiro atoms. The van der Waals surface area contributed by atoms with Crippen LogP contribution in [0.3, 0.4) is 0 Å². The molecule has 1 unspecified atom stereocenters. The van der Waals surface area contributed by atoms with E-state index in [-0.39, 0.29) is 19.3 Å². The van der Waals surface area contributed by atoms with Gasteiger partial charge in [-0.2, -0.15) is 0 Å². The molecule has 0 aliphatic carbocycles. The van der Waals surface area contributed by atoms with Crippen molar-refractivity contribution >= 4 is 0 Å². The first-order valence-electron chi connectivity index (χ1n) is 5.63. The van der Waals surface area contributed by atoms with Gasteiger partial charge in [0.15, 0.2) is 0 Å². The number of imidazole rings is 1. The Hall–Kier alpha value is -0.870. The normalized spacial score (nSPS) is 20.3. The third kappa shape index (κ3) is 2.06. The van der Waals surface area contributed by atoms with Crippen LogP contribution < -0.4 is 0 Å². The van der Waals surface area contributed by atoms with Gasteiger partial charge < -0.3 is 14.8 Å². The summed E-state index contributed by atoms with van der Waals surface area (Å²) in [5.41, 5.74) is 1.23. The maximum absolute atomic E-state index is 9.31. The summed E-state index contributed by atoms with van der Waals surface area (Å²) in [6.45, 7) is 0.390. The fourth-order valence-corrected chi connectivity index (χ4v) is 2.31. The second kappa shape index (κ2) is 4.77. The van der Waals surface area contributed by atoms with Crippen molar-refractivity contribution in [2.24, 2.45) is 0 Å². The summed E-state index contributed by atoms with van der Waals surface area (Å²) in [7, 11) is 0. The molecular weight excluding hydrogens is 192 g/mol. The summed E-state index contributed by atoms with van der Waals surface area (Å²) >= 11 is 0. The van der Waals surface area contributed by atoms with Gasteiger partial charge in [0.05, 0.1) is 12.6 Å². The van der Waals surface area contributed by atoms with Gasteiger partial charge in [0.25, 0.3) is 0 Å². The van der Waals surface area contributed by atoms with Crippen molar-refractivity contribution in [3.05, 3.63) is 17.7 Å². The lowest BCUT2D eigenvalue weighted by Gasteiger charge is -2.25. The van der Waals surface area contributed by atoms with Gasteiger partial charge in [-0.1, -0.05) is 0 Å². The number of fused-ring (bicyclic) bond motifs is 1. The first-order valence-corrected chi connectivity index (χ1v) is 5.63. The van der Waals surface area contributed by atoms with E-state index in [2.05, 4.69) is 9.55 Å². The summed E-state index contributed by atoms with van der Waals surface area (Å²) in [5, 5.41) is 18.1. The van der Waals surface area contributed by atoms with Crippen molar-refractivity contribution in [2.75, 3.05) is 13.2 Å². The number of rotatable bonds is 4. The van der Waals surface area contributed by atoms with Gasteiger partial charge in [0.1, 0.15) is 5.82 Å². The second-order valence-corrected chi connectivity index (χ2v) is 4.09. The highest BCUT2D eigenvalue weighted by molar-refractivity contribution is 5.10. The van der Waals surface area contributed by atoms with E-state index in [0.29, 0.717) is 0 Å². The van der Waals surface area contributed by atoms with Crippen molar-refractivity contribution in [1.82, 2.24) is 9.55 Å². The van der Waals surface area contributed by atoms with E-state index in [4.69, 9.17) is 5.11 Å². The van der Waals surface area contributed by atoms with Crippen LogP contribution in [0.25, 0.3) is 0 Å². The van der Waals surface area contributed by atoms with Crippen molar-refractivity contribution in [3.8, 4) is 0 Å². The largest absolute Gasteiger partial charge is 0.396 e. The zero-order chi connectivity index (χ0) is 10.7. The number of aromatic nitrogens is 2. The molecule has 2 rings (SSSR count). The van der Waals surface area contributed by atoms with Gasteiger partial charge in [0.2, 0.25) is 0 Å². The van der Waals surface area contributed by atoms with Crippen LogP contribution in [-0.2, 0) is 12.8 Å². The van der Waals surface area contributed by atoms with Gasteiger partial charge >= 0.3 is 0 Å². The van der Waals surface area contributed by atoms with E-state index in [1.165, 1.54) is 5.69 Å². The van der Waals surface area contributed by atoms with Crippen molar-refractivity contribution in [2.45, 2.75) is 38.1 Å². The summed E-state index contributed by atoms with van der Waals surface area (Å²) in [4.78, 5) is 4.37. The molecule has 0 bridgehead atoms. The number of nitrogens with zero attached hydrogens (tertiary/aromatic N) is 2. The van der Waals surface area contributed by atoms with Gasteiger partial charge in [-0.15, -0.1) is 0 Å². The molecular formula is C11H18N2O2. The Kier molecular flexibility index (Phi) is 3.38. The fraction of sp³-hybridized carbons (Fsp3) is 0.727. The summed E-state index contributed by atoms with van der Waals surface area (Å²) in [6.07, 6.45) is 6.68. The Balaban J connectivity index is 2.21. The molecule has 2 heterocycles. The fourth-order valence-electron chi connectivity index (χ4n) is 2.31. The molecule has 0 saturated carbocycles. The van der Waals surface area contributed by atoms with E-state index in [1.54, 1.807) is 0 Å². The molecule has 84 valence electrons. The first kappa shape index (κ1) is 10.6. The van der Waals surface area contributed by atoms with Crippen LogP contribution >= 0.6 is 0 Å². The smallest absolute Gasteiger partial charge is 0.109 e. The molecule has 1 aliphatic heterocycles. The highest BCUT2D eigenvalue weighted by Gasteiger charge is 2.21. The molecule has 1 aromatic heterocycles. The highest BCUT2D eigenvalue weighted by atomic mass is 16.3. The third-order valence-electron chi connectivity index (χ3n) is 3.05. The molecule has 2 N–H and O–H groups in total. The molecule has 0 saturated heterocycles. The van der Waals surface area contributed by atoms with Gasteiger partial charge in [-0.25, -0.2) is 4.98 Å². The molecule has 1 atom stereocenters. The van der Waals surface area contributed by atoms with Crippen LogP contribution in [0.5, 0.6) is 0 Å². The first-order chi connectivity index (χ1) is 7.36. The molecule has 1 aliphatic rings. The van der Waals surface area contributed by atoms with Gasteiger partial charge in [-0.3, -0.25) is 0 Å². The van der Waals surface area contributed by atoms with E-state index < -0.39 is 0 Å². The molecule has 4 heteroatoms. The Labute approximate surface area is 89.6 Å². The Morgan fingerprint density at radius 1 is 1.47 bits per heavy atom. The second-order valence-electron chi connectivity index (χ2n) is 4.09. The lowest BCUT2D eigenvalue weighted by molar-refractivity contribution is 0.203. The summed E-state index contributed by atoms with van der Waals surface area (Å²) in [5.74, 6) is 1.01. The maximum Gasteiger partial charge on any atom is 0.109 e. The molecule has 0 amide bonds. The molecule has 1 aromatic rings. The average molecular weight is 210 g/mol. The minimum atomic E-state index is 0.190. The monoisotopic (exact) mass is 210 g/mol. The minimum Gasteiger partial charge on any atom is -0.396 e. The molecule has 0 fully saturated rings. The molecule has 0 radical (unpaired) electrons. The van der Waals surface area contributed by atoms with Crippen molar-refractivity contribution < 1.29 is 10.2 Å². The van der Waals surface area contributed by atoms with E-state index in [9.17, 15) is 5.11 Å². The van der Waals surface area contributed by atoms with Gasteiger partial charge in [-0.05, 0) is 25.7 Å². The van der Waals surface area contributed by atoms with E-state index >= 15 is 0 Å². The Morgan fingerprint density at radius 3 is 3.07 bits per heavy atom. The van der Waals surface area contributed by atoms with Crippen LogP contribution in [0.2, 0.25) is 0 Å². The Bertz CT molecular complexity index is 322. The predicted molar refractivity (Wildman–Crippen MR) is 56.7 cm³/mol. The number of aryl methyl sites for hydroxylation is 2. The molecule has 15 heavy (non-hydrogen) atoms. The van der Waals surface area contributed by atoms with Crippen LogP contribution in [0.1, 0.15) is 36.8 Å². The molecule has 0 aromatic carbocycles. The van der Waals surface area contributed by atoms with Gasteiger partial charge in [0, 0.05) is 24.9 Å². The SMILES string of the molecule is OCCCc1ncc2n1C(CO)CCC2. The van der Waals surface area contributed by atoms with Crippen molar-refractivity contribution in [1.29, 1.82) is 0 Å². The topological polar surface area (TPSA) is 58.3 Å². The Morgan fingerprint density at radius 2 is 2.33 bits per heavy atom. The highest BCUT2D eigenvalue weighted by Crippen LogP contribution is 2.26. The van der Waals surface area contributed by atoms with Crippen LogP contribution in [0, 0.1) is 0 Å². The van der Waals surface area contributed by atoms with Crippen LogP contribution in [-0.4, -0.2) is 33.0 Å². The number of hydrogen-bond acceptors (Lipinski definition) is 3. The summed E-state index contributed by atoms with van der Waals surface area (Å²) in [6, 6.07) is 0.199. The van der Waals surface area contributed by atoms with Crippen LogP contribution in [0.15, 0.2) is 6.20 Å². The van der Waals surface area contributed by atoms with E-state index in [0.717, 1.165) is 37.9 Å². The zero-order valence-electron chi connectivity index (χ0n) is 8.89. The standard InChI is InChI=1S/C11H18N2O2/c14-6-2-5-11-12-7-9-3-1-4-10(8-15)13(9)11/h7,10,14-15H,1-6,8H2. The van der Waals surface area contributed by atoms with Crippen LogP contribution in [0.4, 0.5) is 0 Å². The predicted octanol–water partition coefficient (Wildman–Crippen LogP) is 0.678. The number of aliphatic hydroxyl groups excluding tert-OH is 2. The summed E-state index contributed by atoms with van der Waals surface area (Å²) < 4.78 is 2.17. The zero-order valence-corrected chi connectivity index (χ0v) is 8.89. The lowest BCUT2D eigenvalue weighted by atomic mass is 10.0. The lowest BCUT2D eigenvalue weighted by Crippen LogP contribution is -2.22. The molecule has 4 nitrogen and oxygen atoms in total.